The number of halogens is 1. The molecule has 3 nitrogen and oxygen atoms in total. The van der Waals surface area contributed by atoms with Gasteiger partial charge in [0.2, 0.25) is 0 Å². The number of rotatable bonds is 5. The molecule has 0 radical (unpaired) electrons. The van der Waals surface area contributed by atoms with E-state index in [0.29, 0.717) is 12.1 Å². The lowest BCUT2D eigenvalue weighted by molar-refractivity contribution is 0.578. The molecule has 0 saturated carbocycles. The third-order valence-electron chi connectivity index (χ3n) is 3.36. The van der Waals surface area contributed by atoms with Crippen molar-refractivity contribution >= 4 is 0 Å². The van der Waals surface area contributed by atoms with Gasteiger partial charge in [-0.3, -0.25) is 4.68 Å². The van der Waals surface area contributed by atoms with Gasteiger partial charge >= 0.3 is 0 Å². The van der Waals surface area contributed by atoms with Crippen LogP contribution in [0.2, 0.25) is 0 Å². The highest BCUT2D eigenvalue weighted by Crippen LogP contribution is 2.15. The van der Waals surface area contributed by atoms with Crippen LogP contribution in [0.1, 0.15) is 29.4 Å². The van der Waals surface area contributed by atoms with Gasteiger partial charge in [-0.1, -0.05) is 25.1 Å². The van der Waals surface area contributed by atoms with Crippen molar-refractivity contribution < 1.29 is 4.39 Å². The Hall–Kier alpha value is -1.68. The van der Waals surface area contributed by atoms with E-state index in [1.54, 1.807) is 12.1 Å². The van der Waals surface area contributed by atoms with E-state index in [0.717, 1.165) is 24.5 Å². The van der Waals surface area contributed by atoms with E-state index in [1.165, 1.54) is 11.6 Å². The topological polar surface area (TPSA) is 29.9 Å². The first-order valence-corrected chi connectivity index (χ1v) is 6.60. The fourth-order valence-corrected chi connectivity index (χ4v) is 2.18. The van der Waals surface area contributed by atoms with Crippen LogP contribution in [0.5, 0.6) is 0 Å². The summed E-state index contributed by atoms with van der Waals surface area (Å²) in [7, 11) is 0. The van der Waals surface area contributed by atoms with Crippen molar-refractivity contribution in [2.75, 3.05) is 6.54 Å². The average Bonchev–Trinajstić information content (AvgIpc) is 2.65. The Bertz CT molecular complexity index is 561. The van der Waals surface area contributed by atoms with Crippen LogP contribution in [-0.4, -0.2) is 16.3 Å². The van der Waals surface area contributed by atoms with Crippen LogP contribution in [0.25, 0.3) is 0 Å². The summed E-state index contributed by atoms with van der Waals surface area (Å²) >= 11 is 0. The minimum Gasteiger partial charge on any atom is -0.313 e. The van der Waals surface area contributed by atoms with Gasteiger partial charge in [0.05, 0.1) is 12.2 Å². The molecule has 102 valence electrons. The van der Waals surface area contributed by atoms with E-state index >= 15 is 0 Å². The van der Waals surface area contributed by atoms with Gasteiger partial charge in [0.1, 0.15) is 5.82 Å². The molecule has 0 aliphatic heterocycles. The number of hydrogen-bond acceptors (Lipinski definition) is 2. The third kappa shape index (κ3) is 3.01. The van der Waals surface area contributed by atoms with Crippen LogP contribution < -0.4 is 5.32 Å². The molecule has 4 heteroatoms. The van der Waals surface area contributed by atoms with Crippen molar-refractivity contribution in [3.63, 3.8) is 0 Å². The fourth-order valence-electron chi connectivity index (χ4n) is 2.18. The molecule has 0 bridgehead atoms. The molecule has 1 aromatic heterocycles. The first-order chi connectivity index (χ1) is 9.13. The maximum atomic E-state index is 13.7. The number of benzene rings is 1. The minimum atomic E-state index is -0.178. The molecular formula is C15H20FN3. The second kappa shape index (κ2) is 5.97. The third-order valence-corrected chi connectivity index (χ3v) is 3.36. The summed E-state index contributed by atoms with van der Waals surface area (Å²) in [5, 5.41) is 7.82. The number of nitrogens with one attached hydrogen (secondary N) is 1. The van der Waals surface area contributed by atoms with E-state index in [9.17, 15) is 4.39 Å². The monoisotopic (exact) mass is 261 g/mol. The normalized spacial score (nSPS) is 10.9. The summed E-state index contributed by atoms with van der Waals surface area (Å²) in [4.78, 5) is 0. The summed E-state index contributed by atoms with van der Waals surface area (Å²) in [6, 6.07) is 6.84. The Morgan fingerprint density at radius 3 is 2.68 bits per heavy atom. The molecule has 0 aliphatic rings. The molecule has 0 unspecified atom stereocenters. The van der Waals surface area contributed by atoms with Crippen molar-refractivity contribution in [2.24, 2.45) is 0 Å². The SMILES string of the molecule is CCNCc1c(C)nn(Cc2ccccc2F)c1C. The zero-order valence-corrected chi connectivity index (χ0v) is 11.7. The summed E-state index contributed by atoms with van der Waals surface area (Å²) in [5.41, 5.74) is 3.98. The summed E-state index contributed by atoms with van der Waals surface area (Å²) in [6.07, 6.45) is 0. The largest absolute Gasteiger partial charge is 0.313 e. The number of aryl methyl sites for hydroxylation is 1. The van der Waals surface area contributed by atoms with Crippen LogP contribution in [0, 0.1) is 19.7 Å². The Balaban J connectivity index is 2.24. The predicted molar refractivity (Wildman–Crippen MR) is 74.6 cm³/mol. The molecule has 1 aromatic carbocycles. The van der Waals surface area contributed by atoms with Gasteiger partial charge in [0, 0.05) is 23.4 Å². The van der Waals surface area contributed by atoms with Crippen molar-refractivity contribution in [1.82, 2.24) is 15.1 Å². The number of nitrogens with zero attached hydrogens (tertiary/aromatic N) is 2. The number of aromatic nitrogens is 2. The second-order valence-corrected chi connectivity index (χ2v) is 4.68. The fraction of sp³-hybridized carbons (Fsp3) is 0.400. The Labute approximate surface area is 113 Å². The van der Waals surface area contributed by atoms with Crippen molar-refractivity contribution in [3.8, 4) is 0 Å². The smallest absolute Gasteiger partial charge is 0.128 e. The van der Waals surface area contributed by atoms with Crippen LogP contribution in [0.15, 0.2) is 24.3 Å². The van der Waals surface area contributed by atoms with Gasteiger partial charge < -0.3 is 5.32 Å². The molecule has 0 atom stereocenters. The van der Waals surface area contributed by atoms with Crippen LogP contribution in [-0.2, 0) is 13.1 Å². The minimum absolute atomic E-state index is 0.178. The molecule has 0 amide bonds. The van der Waals surface area contributed by atoms with Crippen LogP contribution >= 0.6 is 0 Å². The van der Waals surface area contributed by atoms with Crippen molar-refractivity contribution in [3.05, 3.63) is 52.6 Å². The van der Waals surface area contributed by atoms with Crippen LogP contribution in [0.3, 0.4) is 0 Å². The zero-order chi connectivity index (χ0) is 13.8. The maximum absolute atomic E-state index is 13.7. The van der Waals surface area contributed by atoms with E-state index in [1.807, 2.05) is 24.6 Å². The van der Waals surface area contributed by atoms with Gasteiger partial charge in [-0.15, -0.1) is 0 Å². The average molecular weight is 261 g/mol. The van der Waals surface area contributed by atoms with Gasteiger partial charge in [-0.25, -0.2) is 4.39 Å². The lowest BCUT2D eigenvalue weighted by Gasteiger charge is -2.07. The Morgan fingerprint density at radius 2 is 2.00 bits per heavy atom. The van der Waals surface area contributed by atoms with Gasteiger partial charge in [-0.05, 0) is 26.5 Å². The van der Waals surface area contributed by atoms with Crippen LogP contribution in [0.4, 0.5) is 4.39 Å². The first kappa shape index (κ1) is 13.7. The first-order valence-electron chi connectivity index (χ1n) is 6.60. The maximum Gasteiger partial charge on any atom is 0.128 e. The molecule has 2 aromatic rings. The van der Waals surface area contributed by atoms with Gasteiger partial charge in [0.15, 0.2) is 0 Å². The van der Waals surface area contributed by atoms with Gasteiger partial charge in [0.25, 0.3) is 0 Å². The molecule has 0 fully saturated rings. The lowest BCUT2D eigenvalue weighted by atomic mass is 10.2. The van der Waals surface area contributed by atoms with Crippen molar-refractivity contribution in [1.29, 1.82) is 0 Å². The standard InChI is InChI=1S/C15H20FN3/c1-4-17-9-14-11(2)18-19(12(14)3)10-13-7-5-6-8-15(13)16/h5-8,17H,4,9-10H2,1-3H3. The van der Waals surface area contributed by atoms with E-state index in [4.69, 9.17) is 0 Å². The predicted octanol–water partition coefficient (Wildman–Crippen LogP) is 2.80. The lowest BCUT2D eigenvalue weighted by Crippen LogP contribution is -2.13. The quantitative estimate of drug-likeness (QED) is 0.897. The summed E-state index contributed by atoms with van der Waals surface area (Å²) in [6.45, 7) is 8.33. The molecule has 0 spiro atoms. The highest BCUT2D eigenvalue weighted by atomic mass is 19.1. The number of hydrogen-bond donors (Lipinski definition) is 1. The molecule has 2 rings (SSSR count). The Kier molecular flexibility index (Phi) is 4.32. The van der Waals surface area contributed by atoms with Gasteiger partial charge in [-0.2, -0.15) is 5.10 Å². The van der Waals surface area contributed by atoms with E-state index in [-0.39, 0.29) is 5.82 Å². The highest BCUT2D eigenvalue weighted by Gasteiger charge is 2.12. The second-order valence-electron chi connectivity index (χ2n) is 4.68. The molecular weight excluding hydrogens is 241 g/mol. The van der Waals surface area contributed by atoms with Crippen molar-refractivity contribution in [2.45, 2.75) is 33.9 Å². The molecule has 0 aliphatic carbocycles. The summed E-state index contributed by atoms with van der Waals surface area (Å²) < 4.78 is 15.5. The molecule has 0 saturated heterocycles. The molecule has 19 heavy (non-hydrogen) atoms. The summed E-state index contributed by atoms with van der Waals surface area (Å²) in [5.74, 6) is -0.178. The van der Waals surface area contributed by atoms with E-state index < -0.39 is 0 Å². The van der Waals surface area contributed by atoms with E-state index in [2.05, 4.69) is 17.3 Å². The Morgan fingerprint density at radius 1 is 1.26 bits per heavy atom. The highest BCUT2D eigenvalue weighted by molar-refractivity contribution is 5.26. The zero-order valence-electron chi connectivity index (χ0n) is 11.7. The molecule has 1 N–H and O–H groups in total. The molecule has 1 heterocycles.